The standard InChI is InChI=1S/C23H27FN2O3/c1-25-22(28)23(13-7-14-26(23)21(27)12-15-29-2)16-17-8-3-4-9-18(17)19-10-5-6-11-20(19)24/h3-6,8-11H,7,12-16H2,1-2H3,(H,25,28). The molecular formula is C23H27FN2O3. The SMILES string of the molecule is CNC(=O)C1(Cc2ccccc2-c2ccccc2F)CCCN1C(=O)CCOC. The minimum Gasteiger partial charge on any atom is -0.384 e. The van der Waals surface area contributed by atoms with Crippen LogP contribution < -0.4 is 5.32 Å². The van der Waals surface area contributed by atoms with Crippen molar-refractivity contribution in [3.05, 3.63) is 59.9 Å². The summed E-state index contributed by atoms with van der Waals surface area (Å²) in [5.74, 6) is -0.603. The number of amides is 2. The highest BCUT2D eigenvalue weighted by Gasteiger charge is 2.49. The lowest BCUT2D eigenvalue weighted by Crippen LogP contribution is -2.58. The largest absolute Gasteiger partial charge is 0.384 e. The van der Waals surface area contributed by atoms with Gasteiger partial charge in [-0.05, 0) is 30.0 Å². The van der Waals surface area contributed by atoms with Crippen LogP contribution >= 0.6 is 0 Å². The van der Waals surface area contributed by atoms with Crippen LogP contribution in [0.5, 0.6) is 0 Å². The van der Waals surface area contributed by atoms with Crippen LogP contribution in [0.25, 0.3) is 11.1 Å². The first-order chi connectivity index (χ1) is 14.0. The number of methoxy groups -OCH3 is 1. The second-order valence-corrected chi connectivity index (χ2v) is 7.32. The number of benzene rings is 2. The van der Waals surface area contributed by atoms with Gasteiger partial charge in [0.15, 0.2) is 0 Å². The fourth-order valence-corrected chi connectivity index (χ4v) is 4.23. The Kier molecular flexibility index (Phi) is 6.64. The first kappa shape index (κ1) is 21.0. The molecule has 2 aromatic carbocycles. The lowest BCUT2D eigenvalue weighted by molar-refractivity contribution is -0.145. The maximum absolute atomic E-state index is 14.5. The third kappa shape index (κ3) is 4.17. The van der Waals surface area contributed by atoms with E-state index < -0.39 is 5.54 Å². The average Bonchev–Trinajstić information content (AvgIpc) is 3.17. The smallest absolute Gasteiger partial charge is 0.246 e. The Balaban J connectivity index is 2.02. The Morgan fingerprint density at radius 1 is 1.14 bits per heavy atom. The zero-order valence-corrected chi connectivity index (χ0v) is 16.9. The van der Waals surface area contributed by atoms with E-state index in [1.54, 1.807) is 37.3 Å². The van der Waals surface area contributed by atoms with Gasteiger partial charge in [-0.25, -0.2) is 4.39 Å². The number of carbonyl (C=O) groups excluding carboxylic acids is 2. The lowest BCUT2D eigenvalue weighted by atomic mass is 9.84. The van der Waals surface area contributed by atoms with E-state index in [0.29, 0.717) is 31.6 Å². The molecule has 1 saturated heterocycles. The maximum atomic E-state index is 14.5. The topological polar surface area (TPSA) is 58.6 Å². The van der Waals surface area contributed by atoms with Gasteiger partial charge in [0.05, 0.1) is 13.0 Å². The minimum atomic E-state index is -0.985. The molecule has 0 aliphatic carbocycles. The zero-order valence-electron chi connectivity index (χ0n) is 16.9. The quantitative estimate of drug-likeness (QED) is 0.779. The summed E-state index contributed by atoms with van der Waals surface area (Å²) in [7, 11) is 3.14. The Morgan fingerprint density at radius 2 is 1.83 bits per heavy atom. The predicted molar refractivity (Wildman–Crippen MR) is 110 cm³/mol. The fraction of sp³-hybridized carbons (Fsp3) is 0.391. The highest BCUT2D eigenvalue weighted by molar-refractivity contribution is 5.92. The summed E-state index contributed by atoms with van der Waals surface area (Å²) in [6.07, 6.45) is 1.87. The molecule has 0 radical (unpaired) electrons. The van der Waals surface area contributed by atoms with Crippen LogP contribution in [-0.2, 0) is 20.7 Å². The van der Waals surface area contributed by atoms with Gasteiger partial charge in [0.2, 0.25) is 11.8 Å². The Labute approximate surface area is 170 Å². The summed E-state index contributed by atoms with van der Waals surface area (Å²) >= 11 is 0. The minimum absolute atomic E-state index is 0.101. The summed E-state index contributed by atoms with van der Waals surface area (Å²) < 4.78 is 19.5. The summed E-state index contributed by atoms with van der Waals surface area (Å²) in [6, 6.07) is 14.1. The van der Waals surface area contributed by atoms with Crippen molar-refractivity contribution in [1.82, 2.24) is 10.2 Å². The molecule has 0 bridgehead atoms. The van der Waals surface area contributed by atoms with Crippen LogP contribution in [0.4, 0.5) is 4.39 Å². The third-order valence-corrected chi connectivity index (χ3v) is 5.62. The van der Waals surface area contributed by atoms with Gasteiger partial charge in [0.25, 0.3) is 0 Å². The molecule has 154 valence electrons. The zero-order chi connectivity index (χ0) is 20.9. The number of hydrogen-bond donors (Lipinski definition) is 1. The number of rotatable bonds is 7. The first-order valence-corrected chi connectivity index (χ1v) is 9.88. The van der Waals surface area contributed by atoms with Crippen molar-refractivity contribution in [2.45, 2.75) is 31.2 Å². The molecular weight excluding hydrogens is 371 g/mol. The Hall–Kier alpha value is -2.73. The van der Waals surface area contributed by atoms with E-state index in [4.69, 9.17) is 4.74 Å². The molecule has 5 nitrogen and oxygen atoms in total. The molecule has 0 saturated carbocycles. The molecule has 1 atom stereocenters. The number of likely N-dealkylation sites (N-methyl/N-ethyl adjacent to an activating group) is 1. The molecule has 1 N–H and O–H groups in total. The van der Waals surface area contributed by atoms with Crippen LogP contribution in [0.15, 0.2) is 48.5 Å². The van der Waals surface area contributed by atoms with Gasteiger partial charge in [0, 0.05) is 32.7 Å². The molecule has 1 heterocycles. The molecule has 0 spiro atoms. The number of likely N-dealkylation sites (tertiary alicyclic amines) is 1. The monoisotopic (exact) mass is 398 g/mol. The second kappa shape index (κ2) is 9.18. The summed E-state index contributed by atoms with van der Waals surface area (Å²) in [6.45, 7) is 0.836. The van der Waals surface area contributed by atoms with Crippen LogP contribution in [-0.4, -0.2) is 49.6 Å². The van der Waals surface area contributed by atoms with Gasteiger partial charge in [-0.3, -0.25) is 9.59 Å². The van der Waals surface area contributed by atoms with Gasteiger partial charge in [-0.15, -0.1) is 0 Å². The number of nitrogens with one attached hydrogen (secondary N) is 1. The van der Waals surface area contributed by atoms with E-state index in [2.05, 4.69) is 5.32 Å². The molecule has 1 fully saturated rings. The Morgan fingerprint density at radius 3 is 2.52 bits per heavy atom. The van der Waals surface area contributed by atoms with E-state index in [1.165, 1.54) is 6.07 Å². The van der Waals surface area contributed by atoms with Crippen molar-refractivity contribution in [2.75, 3.05) is 27.3 Å². The number of ether oxygens (including phenoxy) is 1. The fourth-order valence-electron chi connectivity index (χ4n) is 4.23. The van der Waals surface area contributed by atoms with E-state index in [1.807, 2.05) is 24.3 Å². The molecule has 0 aromatic heterocycles. The van der Waals surface area contributed by atoms with Crippen molar-refractivity contribution in [1.29, 1.82) is 0 Å². The average molecular weight is 398 g/mol. The van der Waals surface area contributed by atoms with Crippen LogP contribution in [0.1, 0.15) is 24.8 Å². The maximum Gasteiger partial charge on any atom is 0.246 e. The van der Waals surface area contributed by atoms with E-state index >= 15 is 0 Å². The van der Waals surface area contributed by atoms with Crippen molar-refractivity contribution in [2.24, 2.45) is 0 Å². The van der Waals surface area contributed by atoms with Crippen molar-refractivity contribution in [3.63, 3.8) is 0 Å². The molecule has 1 aliphatic rings. The van der Waals surface area contributed by atoms with E-state index in [-0.39, 0.29) is 24.1 Å². The number of hydrogen-bond acceptors (Lipinski definition) is 3. The highest BCUT2D eigenvalue weighted by atomic mass is 19.1. The second-order valence-electron chi connectivity index (χ2n) is 7.32. The number of nitrogens with zero attached hydrogens (tertiary/aromatic N) is 1. The molecule has 2 aromatic rings. The Bertz CT molecular complexity index is 886. The van der Waals surface area contributed by atoms with Crippen molar-refractivity contribution in [3.8, 4) is 11.1 Å². The number of halogens is 1. The predicted octanol–water partition coefficient (Wildman–Crippen LogP) is 3.18. The van der Waals surface area contributed by atoms with Crippen LogP contribution in [0, 0.1) is 5.82 Å². The van der Waals surface area contributed by atoms with Gasteiger partial charge < -0.3 is 15.0 Å². The normalized spacial score (nSPS) is 18.7. The summed E-state index contributed by atoms with van der Waals surface area (Å²) in [4.78, 5) is 27.6. The molecule has 6 heteroatoms. The van der Waals surface area contributed by atoms with E-state index in [9.17, 15) is 14.0 Å². The summed E-state index contributed by atoms with van der Waals surface area (Å²) in [5.41, 5.74) is 1.09. The lowest BCUT2D eigenvalue weighted by Gasteiger charge is -2.37. The summed E-state index contributed by atoms with van der Waals surface area (Å²) in [5, 5.41) is 2.74. The third-order valence-electron chi connectivity index (χ3n) is 5.62. The molecule has 29 heavy (non-hydrogen) atoms. The van der Waals surface area contributed by atoms with Crippen LogP contribution in [0.2, 0.25) is 0 Å². The van der Waals surface area contributed by atoms with Gasteiger partial charge in [-0.1, -0.05) is 42.5 Å². The van der Waals surface area contributed by atoms with Crippen molar-refractivity contribution < 1.29 is 18.7 Å². The van der Waals surface area contributed by atoms with Gasteiger partial charge >= 0.3 is 0 Å². The molecule has 1 unspecified atom stereocenters. The van der Waals surface area contributed by atoms with Crippen LogP contribution in [0.3, 0.4) is 0 Å². The van der Waals surface area contributed by atoms with Gasteiger partial charge in [0.1, 0.15) is 11.4 Å². The van der Waals surface area contributed by atoms with Crippen molar-refractivity contribution >= 4 is 11.8 Å². The number of carbonyl (C=O) groups is 2. The molecule has 1 aliphatic heterocycles. The molecule has 2 amide bonds. The first-order valence-electron chi connectivity index (χ1n) is 9.88. The molecule has 3 rings (SSSR count). The van der Waals surface area contributed by atoms with E-state index in [0.717, 1.165) is 17.5 Å². The highest BCUT2D eigenvalue weighted by Crippen LogP contribution is 2.37. The van der Waals surface area contributed by atoms with Gasteiger partial charge in [-0.2, -0.15) is 0 Å².